The van der Waals surface area contributed by atoms with Gasteiger partial charge >= 0.3 is 0 Å². The average Bonchev–Trinajstić information content (AvgIpc) is 2.62. The van der Waals surface area contributed by atoms with Crippen molar-refractivity contribution in [3.8, 4) is 0 Å². The van der Waals surface area contributed by atoms with E-state index in [-0.39, 0.29) is 0 Å². The van der Waals surface area contributed by atoms with E-state index in [2.05, 4.69) is 28.8 Å². The summed E-state index contributed by atoms with van der Waals surface area (Å²) in [7, 11) is 0. The Morgan fingerprint density at radius 2 is 2.11 bits per heavy atom. The summed E-state index contributed by atoms with van der Waals surface area (Å²) in [6.45, 7) is 3.78. The lowest BCUT2D eigenvalue weighted by atomic mass is 10.1. The lowest BCUT2D eigenvalue weighted by Crippen LogP contribution is -2.26. The average molecular weight is 276 g/mol. The van der Waals surface area contributed by atoms with Gasteiger partial charge in [0, 0.05) is 29.8 Å². The number of fused-ring (bicyclic) bond motifs is 1. The number of nitrogens with zero attached hydrogens (tertiary/aromatic N) is 1. The van der Waals surface area contributed by atoms with Crippen molar-refractivity contribution in [1.82, 2.24) is 4.90 Å². The quantitative estimate of drug-likeness (QED) is 0.936. The molecule has 2 aromatic rings. The van der Waals surface area contributed by atoms with Gasteiger partial charge in [0.15, 0.2) is 0 Å². The van der Waals surface area contributed by atoms with Gasteiger partial charge in [-0.25, -0.2) is 0 Å². The summed E-state index contributed by atoms with van der Waals surface area (Å²) in [6.07, 6.45) is 1.28. The van der Waals surface area contributed by atoms with Crippen LogP contribution in [0.1, 0.15) is 17.7 Å². The Labute approximate surface area is 118 Å². The number of para-hydroxylation sites is 1. The summed E-state index contributed by atoms with van der Waals surface area (Å²) >= 11 is 2.06. The maximum absolute atomic E-state index is 5.86. The third-order valence-electron chi connectivity index (χ3n) is 3.66. The molecule has 19 heavy (non-hydrogen) atoms. The van der Waals surface area contributed by atoms with Crippen LogP contribution in [0.15, 0.2) is 28.7 Å². The molecule has 1 aliphatic heterocycles. The van der Waals surface area contributed by atoms with Crippen molar-refractivity contribution in [3.05, 3.63) is 35.6 Å². The van der Waals surface area contributed by atoms with Crippen LogP contribution in [0.25, 0.3) is 11.0 Å². The zero-order valence-electron chi connectivity index (χ0n) is 11.1. The first-order valence-corrected chi connectivity index (χ1v) is 8.03. The van der Waals surface area contributed by atoms with E-state index in [0.717, 1.165) is 24.4 Å². The summed E-state index contributed by atoms with van der Waals surface area (Å²) in [5.41, 5.74) is 8.08. The van der Waals surface area contributed by atoms with Crippen molar-refractivity contribution in [1.29, 1.82) is 0 Å². The highest BCUT2D eigenvalue weighted by atomic mass is 32.2. The molecule has 3 rings (SSSR count). The van der Waals surface area contributed by atoms with Gasteiger partial charge in [-0.2, -0.15) is 11.8 Å². The van der Waals surface area contributed by atoms with E-state index >= 15 is 0 Å². The minimum Gasteiger partial charge on any atom is -0.459 e. The van der Waals surface area contributed by atoms with Crippen molar-refractivity contribution in [3.63, 3.8) is 0 Å². The number of thioether (sulfide) groups is 1. The van der Waals surface area contributed by atoms with Crippen LogP contribution < -0.4 is 5.73 Å². The largest absolute Gasteiger partial charge is 0.459 e. The zero-order chi connectivity index (χ0) is 13.1. The highest BCUT2D eigenvalue weighted by Gasteiger charge is 2.17. The fraction of sp³-hybridized carbons (Fsp3) is 0.467. The molecule has 0 bridgehead atoms. The number of furan rings is 1. The fourth-order valence-corrected chi connectivity index (χ4v) is 3.59. The highest BCUT2D eigenvalue weighted by Crippen LogP contribution is 2.27. The smallest absolute Gasteiger partial charge is 0.134 e. The molecular weight excluding hydrogens is 256 g/mol. The molecule has 1 aromatic heterocycles. The molecule has 3 nitrogen and oxygen atoms in total. The van der Waals surface area contributed by atoms with Gasteiger partial charge in [0.25, 0.3) is 0 Å². The normalized spacial score (nSPS) is 17.7. The van der Waals surface area contributed by atoms with E-state index < -0.39 is 0 Å². The second-order valence-corrected chi connectivity index (χ2v) is 6.17. The Kier molecular flexibility index (Phi) is 4.11. The molecule has 0 amide bonds. The summed E-state index contributed by atoms with van der Waals surface area (Å²) < 4.78 is 5.86. The summed E-state index contributed by atoms with van der Waals surface area (Å²) in [4.78, 5) is 2.52. The third-order valence-corrected chi connectivity index (χ3v) is 4.71. The van der Waals surface area contributed by atoms with Gasteiger partial charge in [0.1, 0.15) is 11.3 Å². The summed E-state index contributed by atoms with van der Waals surface area (Å²) in [6, 6.07) is 8.24. The molecule has 0 atom stereocenters. The van der Waals surface area contributed by atoms with Gasteiger partial charge < -0.3 is 10.2 Å². The molecule has 4 heteroatoms. The first kappa shape index (κ1) is 13.0. The number of hydrogen-bond donors (Lipinski definition) is 1. The molecule has 2 N–H and O–H groups in total. The molecule has 1 saturated heterocycles. The molecule has 0 aliphatic carbocycles. The number of rotatable bonds is 3. The second kappa shape index (κ2) is 5.99. The molecule has 2 heterocycles. The second-order valence-electron chi connectivity index (χ2n) is 4.95. The van der Waals surface area contributed by atoms with Crippen molar-refractivity contribution in [2.75, 3.05) is 24.6 Å². The van der Waals surface area contributed by atoms with Crippen LogP contribution >= 0.6 is 11.8 Å². The van der Waals surface area contributed by atoms with E-state index in [1.54, 1.807) is 0 Å². The molecule has 102 valence electrons. The molecule has 0 saturated carbocycles. The van der Waals surface area contributed by atoms with Crippen LogP contribution in [0.5, 0.6) is 0 Å². The van der Waals surface area contributed by atoms with E-state index in [0.29, 0.717) is 6.54 Å². The lowest BCUT2D eigenvalue weighted by molar-refractivity contribution is 0.286. The van der Waals surface area contributed by atoms with Gasteiger partial charge in [-0.15, -0.1) is 0 Å². The van der Waals surface area contributed by atoms with Gasteiger partial charge in [-0.05, 0) is 24.8 Å². The minimum atomic E-state index is 0.479. The van der Waals surface area contributed by atoms with Crippen LogP contribution in [0.3, 0.4) is 0 Å². The Morgan fingerprint density at radius 1 is 1.21 bits per heavy atom. The zero-order valence-corrected chi connectivity index (χ0v) is 11.9. The Balaban J connectivity index is 1.89. The maximum Gasteiger partial charge on any atom is 0.134 e. The lowest BCUT2D eigenvalue weighted by Gasteiger charge is -2.19. The Morgan fingerprint density at radius 3 is 3.00 bits per heavy atom. The van der Waals surface area contributed by atoms with E-state index in [4.69, 9.17) is 10.2 Å². The fourth-order valence-electron chi connectivity index (χ4n) is 2.67. The maximum atomic E-state index is 5.86. The monoisotopic (exact) mass is 276 g/mol. The topological polar surface area (TPSA) is 42.4 Å². The molecule has 0 radical (unpaired) electrons. The van der Waals surface area contributed by atoms with E-state index in [9.17, 15) is 0 Å². The van der Waals surface area contributed by atoms with Gasteiger partial charge in [-0.1, -0.05) is 18.2 Å². The number of hydrogen-bond acceptors (Lipinski definition) is 4. The van der Waals surface area contributed by atoms with Crippen LogP contribution in [0.4, 0.5) is 0 Å². The predicted octanol–water partition coefficient (Wildman–Crippen LogP) is 2.83. The van der Waals surface area contributed by atoms with Crippen molar-refractivity contribution < 1.29 is 4.42 Å². The third kappa shape index (κ3) is 2.81. The highest BCUT2D eigenvalue weighted by molar-refractivity contribution is 7.99. The van der Waals surface area contributed by atoms with Crippen molar-refractivity contribution >= 4 is 22.7 Å². The minimum absolute atomic E-state index is 0.479. The first-order chi connectivity index (χ1) is 9.38. The van der Waals surface area contributed by atoms with Crippen LogP contribution in [0, 0.1) is 0 Å². The van der Waals surface area contributed by atoms with Gasteiger partial charge in [-0.3, -0.25) is 4.90 Å². The molecule has 0 unspecified atom stereocenters. The van der Waals surface area contributed by atoms with Crippen LogP contribution in [-0.4, -0.2) is 29.5 Å². The predicted molar refractivity (Wildman–Crippen MR) is 81.3 cm³/mol. The van der Waals surface area contributed by atoms with Gasteiger partial charge in [0.2, 0.25) is 0 Å². The first-order valence-electron chi connectivity index (χ1n) is 6.88. The van der Waals surface area contributed by atoms with E-state index in [1.165, 1.54) is 35.4 Å². The molecular formula is C15H20N2OS. The Bertz CT molecular complexity index is 544. The van der Waals surface area contributed by atoms with Crippen molar-refractivity contribution in [2.24, 2.45) is 5.73 Å². The van der Waals surface area contributed by atoms with Crippen LogP contribution in [-0.2, 0) is 13.1 Å². The SMILES string of the molecule is NCc1oc2ccccc2c1CN1CCCSCC1. The number of benzene rings is 1. The van der Waals surface area contributed by atoms with Crippen molar-refractivity contribution in [2.45, 2.75) is 19.5 Å². The summed E-state index contributed by atoms with van der Waals surface area (Å²) in [5.74, 6) is 3.46. The Hall–Kier alpha value is -0.970. The molecule has 1 fully saturated rings. The van der Waals surface area contributed by atoms with Crippen LogP contribution in [0.2, 0.25) is 0 Å². The van der Waals surface area contributed by atoms with E-state index in [1.807, 2.05) is 12.1 Å². The summed E-state index contributed by atoms with van der Waals surface area (Å²) in [5, 5.41) is 1.22. The standard InChI is InChI=1S/C15H20N2OS/c16-10-15-13(11-17-6-3-8-19-9-7-17)12-4-1-2-5-14(12)18-15/h1-2,4-5H,3,6-11,16H2. The number of nitrogens with two attached hydrogens (primary N) is 1. The molecule has 1 aliphatic rings. The van der Waals surface area contributed by atoms with Gasteiger partial charge in [0.05, 0.1) is 6.54 Å². The molecule has 1 aromatic carbocycles. The molecule has 0 spiro atoms.